The van der Waals surface area contributed by atoms with Crippen LogP contribution in [0.5, 0.6) is 0 Å². The molecule has 1 N–H and O–H groups in total. The predicted molar refractivity (Wildman–Crippen MR) is 119 cm³/mol. The standard InChI is InChI=1S/C24H19ClN2O4/c1-3-30-24(29)17-9-7-16(8-10-17)21-12-11-19(31-21)13-18(14-26)23(28)27-22-15(2)5-4-6-20(22)25/h4-13H,3H2,1-2H3,(H,27,28)/b18-13+. The zero-order chi connectivity index (χ0) is 22.4. The number of carbonyl (C=O) groups is 2. The number of hydrogen-bond acceptors (Lipinski definition) is 5. The normalized spacial score (nSPS) is 11.0. The summed E-state index contributed by atoms with van der Waals surface area (Å²) in [5.74, 6) is -0.112. The van der Waals surface area contributed by atoms with E-state index in [2.05, 4.69) is 5.32 Å². The summed E-state index contributed by atoms with van der Waals surface area (Å²) in [6.07, 6.45) is 1.36. The molecule has 1 heterocycles. The first-order chi connectivity index (χ1) is 14.9. The third kappa shape index (κ3) is 5.21. The number of nitrogens with zero attached hydrogens (tertiary/aromatic N) is 1. The molecule has 31 heavy (non-hydrogen) atoms. The van der Waals surface area contributed by atoms with E-state index in [1.165, 1.54) is 6.08 Å². The van der Waals surface area contributed by atoms with Crippen LogP contribution in [-0.2, 0) is 9.53 Å². The number of esters is 1. The number of nitrogens with one attached hydrogen (secondary N) is 1. The molecule has 3 aromatic rings. The van der Waals surface area contributed by atoms with Gasteiger partial charge in [0.1, 0.15) is 23.2 Å². The molecule has 2 aromatic carbocycles. The van der Waals surface area contributed by atoms with Gasteiger partial charge in [-0.3, -0.25) is 4.79 Å². The van der Waals surface area contributed by atoms with Gasteiger partial charge in [-0.1, -0.05) is 35.9 Å². The van der Waals surface area contributed by atoms with Crippen LogP contribution < -0.4 is 5.32 Å². The van der Waals surface area contributed by atoms with Crippen LogP contribution in [-0.4, -0.2) is 18.5 Å². The molecule has 0 fully saturated rings. The fourth-order valence-corrected chi connectivity index (χ4v) is 3.10. The summed E-state index contributed by atoms with van der Waals surface area (Å²) >= 11 is 6.14. The quantitative estimate of drug-likeness (QED) is 0.308. The molecule has 3 rings (SSSR count). The summed E-state index contributed by atoms with van der Waals surface area (Å²) in [5, 5.41) is 12.5. The minimum Gasteiger partial charge on any atom is -0.462 e. The minimum absolute atomic E-state index is 0.127. The van der Waals surface area contributed by atoms with Crippen LogP contribution in [0.15, 0.2) is 64.6 Å². The highest BCUT2D eigenvalue weighted by atomic mass is 35.5. The fourth-order valence-electron chi connectivity index (χ4n) is 2.83. The highest BCUT2D eigenvalue weighted by molar-refractivity contribution is 6.34. The van der Waals surface area contributed by atoms with Crippen molar-refractivity contribution in [3.63, 3.8) is 0 Å². The molecule has 1 amide bonds. The number of benzene rings is 2. The van der Waals surface area contributed by atoms with E-state index in [1.807, 2.05) is 19.1 Å². The molecule has 7 heteroatoms. The highest BCUT2D eigenvalue weighted by Gasteiger charge is 2.14. The van der Waals surface area contributed by atoms with Crippen LogP contribution in [0.4, 0.5) is 5.69 Å². The van der Waals surface area contributed by atoms with Gasteiger partial charge in [-0.25, -0.2) is 4.79 Å². The molecule has 0 saturated heterocycles. The van der Waals surface area contributed by atoms with Gasteiger partial charge >= 0.3 is 5.97 Å². The molecule has 0 aliphatic carbocycles. The Morgan fingerprint density at radius 2 is 1.90 bits per heavy atom. The lowest BCUT2D eigenvalue weighted by atomic mass is 10.1. The monoisotopic (exact) mass is 434 g/mol. The largest absolute Gasteiger partial charge is 0.462 e. The summed E-state index contributed by atoms with van der Waals surface area (Å²) in [4.78, 5) is 24.3. The van der Waals surface area contributed by atoms with Crippen molar-refractivity contribution in [3.05, 3.63) is 82.1 Å². The molecule has 0 atom stereocenters. The topological polar surface area (TPSA) is 92.3 Å². The molecule has 1 aromatic heterocycles. The van der Waals surface area contributed by atoms with Gasteiger partial charge in [-0.2, -0.15) is 5.26 Å². The number of furan rings is 1. The number of halogens is 1. The average Bonchev–Trinajstić information content (AvgIpc) is 3.23. The maximum Gasteiger partial charge on any atom is 0.338 e. The number of hydrogen-bond donors (Lipinski definition) is 1. The molecule has 0 spiro atoms. The van der Waals surface area contributed by atoms with Crippen molar-refractivity contribution in [2.24, 2.45) is 0 Å². The Hall–Kier alpha value is -3.82. The Balaban J connectivity index is 1.78. The van der Waals surface area contributed by atoms with Gasteiger partial charge in [0.25, 0.3) is 5.91 Å². The molecule has 0 aliphatic rings. The van der Waals surface area contributed by atoms with E-state index in [-0.39, 0.29) is 5.57 Å². The first-order valence-electron chi connectivity index (χ1n) is 9.48. The van der Waals surface area contributed by atoms with Crippen molar-refractivity contribution in [1.82, 2.24) is 0 Å². The summed E-state index contributed by atoms with van der Waals surface area (Å²) in [5.41, 5.74) is 2.29. The second-order valence-corrected chi connectivity index (χ2v) is 6.96. The van der Waals surface area contributed by atoms with Crippen molar-refractivity contribution in [3.8, 4) is 17.4 Å². The number of ether oxygens (including phenoxy) is 1. The molecule has 0 bridgehead atoms. The van der Waals surface area contributed by atoms with Crippen LogP contribution in [0.3, 0.4) is 0 Å². The number of anilines is 1. The van der Waals surface area contributed by atoms with E-state index >= 15 is 0 Å². The Bertz CT molecular complexity index is 1170. The minimum atomic E-state index is -0.588. The van der Waals surface area contributed by atoms with Gasteiger partial charge in [-0.05, 0) is 49.7 Å². The second kappa shape index (κ2) is 9.79. The summed E-state index contributed by atoms with van der Waals surface area (Å²) in [6, 6.07) is 17.3. The lowest BCUT2D eigenvalue weighted by Crippen LogP contribution is -2.14. The van der Waals surface area contributed by atoms with E-state index in [0.717, 1.165) is 11.1 Å². The molecule has 0 radical (unpaired) electrons. The Morgan fingerprint density at radius 1 is 1.16 bits per heavy atom. The van der Waals surface area contributed by atoms with Gasteiger partial charge < -0.3 is 14.5 Å². The summed E-state index contributed by atoms with van der Waals surface area (Å²) in [7, 11) is 0. The van der Waals surface area contributed by atoms with E-state index in [1.54, 1.807) is 55.5 Å². The fraction of sp³-hybridized carbons (Fsp3) is 0.125. The van der Waals surface area contributed by atoms with E-state index in [4.69, 9.17) is 20.8 Å². The second-order valence-electron chi connectivity index (χ2n) is 6.56. The van der Waals surface area contributed by atoms with Gasteiger partial charge in [0, 0.05) is 11.6 Å². The third-order valence-electron chi connectivity index (χ3n) is 4.42. The molecule has 6 nitrogen and oxygen atoms in total. The molecular formula is C24H19ClN2O4. The van der Waals surface area contributed by atoms with Gasteiger partial charge in [0.2, 0.25) is 0 Å². The Morgan fingerprint density at radius 3 is 2.55 bits per heavy atom. The first-order valence-corrected chi connectivity index (χ1v) is 9.86. The number of aryl methyl sites for hydroxylation is 1. The zero-order valence-corrected chi connectivity index (χ0v) is 17.7. The smallest absolute Gasteiger partial charge is 0.338 e. The maximum absolute atomic E-state index is 12.5. The van der Waals surface area contributed by atoms with Crippen molar-refractivity contribution in [2.75, 3.05) is 11.9 Å². The van der Waals surface area contributed by atoms with Crippen molar-refractivity contribution >= 4 is 35.2 Å². The number of rotatable bonds is 6. The number of carbonyl (C=O) groups excluding carboxylic acids is 2. The zero-order valence-electron chi connectivity index (χ0n) is 16.9. The summed E-state index contributed by atoms with van der Waals surface area (Å²) in [6.45, 7) is 3.86. The molecule has 156 valence electrons. The molecule has 0 saturated carbocycles. The number of para-hydroxylation sites is 1. The number of nitriles is 1. The van der Waals surface area contributed by atoms with Crippen LogP contribution in [0.1, 0.15) is 28.6 Å². The van der Waals surface area contributed by atoms with Crippen molar-refractivity contribution in [2.45, 2.75) is 13.8 Å². The third-order valence-corrected chi connectivity index (χ3v) is 4.73. The van der Waals surface area contributed by atoms with Crippen molar-refractivity contribution < 1.29 is 18.7 Å². The predicted octanol–water partition coefficient (Wildman–Crippen LogP) is 5.63. The van der Waals surface area contributed by atoms with E-state index in [9.17, 15) is 14.9 Å². The average molecular weight is 435 g/mol. The SMILES string of the molecule is CCOC(=O)c1ccc(-c2ccc(/C=C(\C#N)C(=O)Nc3c(C)cccc3Cl)o2)cc1. The lowest BCUT2D eigenvalue weighted by Gasteiger charge is -2.09. The van der Waals surface area contributed by atoms with E-state index in [0.29, 0.717) is 34.4 Å². The molecule has 0 unspecified atom stereocenters. The molecule has 0 aliphatic heterocycles. The van der Waals surface area contributed by atoms with Crippen LogP contribution in [0.2, 0.25) is 5.02 Å². The van der Waals surface area contributed by atoms with Crippen molar-refractivity contribution in [1.29, 1.82) is 5.26 Å². The summed E-state index contributed by atoms with van der Waals surface area (Å²) < 4.78 is 10.7. The first kappa shape index (κ1) is 21.9. The Labute approximate surface area is 184 Å². The molecular weight excluding hydrogens is 416 g/mol. The van der Waals surface area contributed by atoms with E-state index < -0.39 is 11.9 Å². The van der Waals surface area contributed by atoms with Gasteiger partial charge in [0.15, 0.2) is 0 Å². The van der Waals surface area contributed by atoms with Crippen LogP contribution >= 0.6 is 11.6 Å². The number of amides is 1. The van der Waals surface area contributed by atoms with Crippen LogP contribution in [0.25, 0.3) is 17.4 Å². The van der Waals surface area contributed by atoms with Crippen LogP contribution in [0, 0.1) is 18.3 Å². The maximum atomic E-state index is 12.5. The van der Waals surface area contributed by atoms with Gasteiger partial charge in [0.05, 0.1) is 22.9 Å². The lowest BCUT2D eigenvalue weighted by molar-refractivity contribution is -0.112. The van der Waals surface area contributed by atoms with Gasteiger partial charge in [-0.15, -0.1) is 0 Å². The highest BCUT2D eigenvalue weighted by Crippen LogP contribution is 2.27. The Kier molecular flexibility index (Phi) is 6.91.